The van der Waals surface area contributed by atoms with Gasteiger partial charge in [-0.2, -0.15) is 0 Å². The van der Waals surface area contributed by atoms with Gasteiger partial charge in [0, 0.05) is 16.2 Å². The molecule has 0 aliphatic heterocycles. The minimum Gasteiger partial charge on any atom is -0.279 e. The summed E-state index contributed by atoms with van der Waals surface area (Å²) in [5.41, 5.74) is 0.875. The van der Waals surface area contributed by atoms with Crippen LogP contribution in [0.25, 0.3) is 0 Å². The minimum absolute atomic E-state index is 0.175. The van der Waals surface area contributed by atoms with E-state index >= 15 is 0 Å². The van der Waals surface area contributed by atoms with Gasteiger partial charge in [0.05, 0.1) is 4.92 Å². The van der Waals surface area contributed by atoms with Gasteiger partial charge in [-0.3, -0.25) is 14.8 Å². The molecule has 1 heterocycles. The Balaban J connectivity index is 2.36. The van der Waals surface area contributed by atoms with Crippen molar-refractivity contribution in [3.63, 3.8) is 0 Å². The fourth-order valence-electron chi connectivity index (χ4n) is 1.46. The molecule has 0 saturated carbocycles. The zero-order valence-corrected chi connectivity index (χ0v) is 14.4. The molecular formula is C11H8BrClN2O4S2. The van der Waals surface area contributed by atoms with Gasteiger partial charge >= 0.3 is 0 Å². The van der Waals surface area contributed by atoms with Crippen molar-refractivity contribution in [3.05, 3.63) is 48.8 Å². The molecule has 112 valence electrons. The van der Waals surface area contributed by atoms with E-state index < -0.39 is 20.6 Å². The van der Waals surface area contributed by atoms with Crippen LogP contribution >= 0.6 is 38.9 Å². The highest BCUT2D eigenvalue weighted by Crippen LogP contribution is 2.37. The smallest absolute Gasteiger partial charge is 0.279 e. The molecule has 1 aromatic carbocycles. The number of hydrogen-bond donors (Lipinski definition) is 1. The van der Waals surface area contributed by atoms with Gasteiger partial charge in [-0.1, -0.05) is 33.6 Å². The van der Waals surface area contributed by atoms with Gasteiger partial charge in [0.15, 0.2) is 4.34 Å². The van der Waals surface area contributed by atoms with E-state index in [0.29, 0.717) is 17.0 Å². The van der Waals surface area contributed by atoms with E-state index in [4.69, 9.17) is 11.6 Å². The second-order valence-corrected chi connectivity index (χ2v) is 8.47. The Hall–Kier alpha value is -1.16. The molecule has 6 nitrogen and oxygen atoms in total. The second-order valence-electron chi connectivity index (χ2n) is 4.05. The molecule has 0 radical (unpaired) electrons. The van der Waals surface area contributed by atoms with Crippen molar-refractivity contribution in [2.24, 2.45) is 0 Å². The first kappa shape index (κ1) is 16.2. The number of nitrogens with zero attached hydrogens (tertiary/aromatic N) is 1. The van der Waals surface area contributed by atoms with E-state index in [0.717, 1.165) is 16.1 Å². The monoisotopic (exact) mass is 410 g/mol. The first-order valence-corrected chi connectivity index (χ1v) is 8.90. The van der Waals surface area contributed by atoms with Gasteiger partial charge in [-0.05, 0) is 24.6 Å². The third-order valence-corrected chi connectivity index (χ3v) is 6.58. The molecule has 0 atom stereocenters. The first-order valence-electron chi connectivity index (χ1n) is 5.43. The van der Waals surface area contributed by atoms with E-state index in [1.807, 2.05) is 6.92 Å². The van der Waals surface area contributed by atoms with E-state index in [2.05, 4.69) is 20.7 Å². The van der Waals surface area contributed by atoms with Crippen LogP contribution in [0.1, 0.15) is 5.56 Å². The number of halogens is 2. The zero-order valence-electron chi connectivity index (χ0n) is 10.5. The van der Waals surface area contributed by atoms with Crippen molar-refractivity contribution in [2.45, 2.75) is 11.1 Å². The number of nitrogens with one attached hydrogen (secondary N) is 1. The molecule has 0 unspecified atom stereocenters. The molecule has 0 saturated heterocycles. The summed E-state index contributed by atoms with van der Waals surface area (Å²) in [6, 6.07) is 5.89. The summed E-state index contributed by atoms with van der Waals surface area (Å²) in [6.07, 6.45) is 0. The summed E-state index contributed by atoms with van der Waals surface area (Å²) in [6.45, 7) is 1.87. The Bertz CT molecular complexity index is 820. The van der Waals surface area contributed by atoms with Crippen LogP contribution in [0.15, 0.2) is 32.9 Å². The first-order chi connectivity index (χ1) is 9.70. The van der Waals surface area contributed by atoms with Crippen molar-refractivity contribution >= 4 is 60.3 Å². The average Bonchev–Trinajstić information content (AvgIpc) is 2.77. The molecule has 2 aromatic rings. The fraction of sp³-hybridized carbons (Fsp3) is 0.0909. The van der Waals surface area contributed by atoms with Crippen molar-refractivity contribution in [1.29, 1.82) is 0 Å². The largest absolute Gasteiger partial charge is 0.300 e. The number of aryl methyl sites for hydroxylation is 1. The lowest BCUT2D eigenvalue weighted by molar-refractivity contribution is -0.384. The standard InChI is InChI=1S/C11H8BrClN2O4S2/c1-6-2-3-7(4-8(6)12)14-21(18,19)10-5-9(15(16)17)11(13)20-10/h2-5,14H,1H3. The summed E-state index contributed by atoms with van der Waals surface area (Å²) in [7, 11) is -3.92. The molecule has 0 bridgehead atoms. The molecular weight excluding hydrogens is 404 g/mol. The SMILES string of the molecule is Cc1ccc(NS(=O)(=O)c2cc([N+](=O)[O-])c(Cl)s2)cc1Br. The van der Waals surface area contributed by atoms with Crippen LogP contribution in [0.5, 0.6) is 0 Å². The third kappa shape index (κ3) is 3.54. The van der Waals surface area contributed by atoms with Crippen LogP contribution in [0.2, 0.25) is 4.34 Å². The highest BCUT2D eigenvalue weighted by molar-refractivity contribution is 9.10. The number of nitro groups is 1. The third-order valence-electron chi connectivity index (χ3n) is 2.53. The summed E-state index contributed by atoms with van der Waals surface area (Å²) in [4.78, 5) is 9.99. The molecule has 0 amide bonds. The topological polar surface area (TPSA) is 89.3 Å². The predicted octanol–water partition coefficient (Wildman–Crippen LogP) is 4.18. The van der Waals surface area contributed by atoms with Crippen LogP contribution in [-0.4, -0.2) is 13.3 Å². The summed E-state index contributed by atoms with van der Waals surface area (Å²) in [5, 5.41) is 10.7. The summed E-state index contributed by atoms with van der Waals surface area (Å²) in [5.74, 6) is 0. The lowest BCUT2D eigenvalue weighted by Crippen LogP contribution is -2.11. The number of anilines is 1. The minimum atomic E-state index is -3.92. The number of sulfonamides is 1. The quantitative estimate of drug-likeness (QED) is 0.603. The normalized spacial score (nSPS) is 11.4. The summed E-state index contributed by atoms with van der Waals surface area (Å²) < 4.78 is 27.1. The van der Waals surface area contributed by atoms with Gasteiger partial charge in [-0.15, -0.1) is 11.3 Å². The molecule has 0 aliphatic carbocycles. The Kier molecular flexibility index (Phi) is 4.57. The maximum atomic E-state index is 12.2. The Morgan fingerprint density at radius 2 is 2.05 bits per heavy atom. The summed E-state index contributed by atoms with van der Waals surface area (Å²) >= 11 is 9.61. The van der Waals surface area contributed by atoms with E-state index in [9.17, 15) is 18.5 Å². The van der Waals surface area contributed by atoms with Crippen LogP contribution in [0.4, 0.5) is 11.4 Å². The highest BCUT2D eigenvalue weighted by atomic mass is 79.9. The average molecular weight is 412 g/mol. The molecule has 10 heteroatoms. The Morgan fingerprint density at radius 3 is 2.57 bits per heavy atom. The molecule has 1 N–H and O–H groups in total. The molecule has 0 spiro atoms. The van der Waals surface area contributed by atoms with Crippen LogP contribution in [-0.2, 0) is 10.0 Å². The lowest BCUT2D eigenvalue weighted by atomic mass is 10.2. The molecule has 0 fully saturated rings. The zero-order chi connectivity index (χ0) is 15.8. The van der Waals surface area contributed by atoms with Crippen molar-refractivity contribution in [2.75, 3.05) is 4.72 Å². The Labute approximate surface area is 138 Å². The Morgan fingerprint density at radius 1 is 1.38 bits per heavy atom. The van der Waals surface area contributed by atoms with Crippen molar-refractivity contribution < 1.29 is 13.3 Å². The molecule has 21 heavy (non-hydrogen) atoms. The molecule has 0 aliphatic rings. The van der Waals surface area contributed by atoms with Gasteiger partial charge in [0.25, 0.3) is 15.7 Å². The highest BCUT2D eigenvalue weighted by Gasteiger charge is 2.25. The van der Waals surface area contributed by atoms with Gasteiger partial charge in [-0.25, -0.2) is 8.42 Å². The van der Waals surface area contributed by atoms with Gasteiger partial charge in [0.2, 0.25) is 0 Å². The lowest BCUT2D eigenvalue weighted by Gasteiger charge is -2.07. The second kappa shape index (κ2) is 5.91. The number of hydrogen-bond acceptors (Lipinski definition) is 5. The van der Waals surface area contributed by atoms with E-state index in [1.54, 1.807) is 18.2 Å². The number of benzene rings is 1. The number of rotatable bonds is 4. The van der Waals surface area contributed by atoms with Gasteiger partial charge in [0.1, 0.15) is 4.21 Å². The van der Waals surface area contributed by atoms with Gasteiger partial charge < -0.3 is 0 Å². The van der Waals surface area contributed by atoms with Crippen LogP contribution < -0.4 is 4.72 Å². The predicted molar refractivity (Wildman–Crippen MR) is 85.7 cm³/mol. The van der Waals surface area contributed by atoms with E-state index in [-0.39, 0.29) is 8.55 Å². The maximum absolute atomic E-state index is 12.2. The van der Waals surface area contributed by atoms with Crippen LogP contribution in [0.3, 0.4) is 0 Å². The number of thiophene rings is 1. The maximum Gasteiger partial charge on any atom is 0.300 e. The molecule has 1 aromatic heterocycles. The molecule has 2 rings (SSSR count). The fourth-order valence-corrected chi connectivity index (χ4v) is 4.55. The van der Waals surface area contributed by atoms with Crippen molar-refractivity contribution in [1.82, 2.24) is 0 Å². The van der Waals surface area contributed by atoms with Crippen LogP contribution in [0, 0.1) is 17.0 Å². The van der Waals surface area contributed by atoms with Crippen molar-refractivity contribution in [3.8, 4) is 0 Å². The van der Waals surface area contributed by atoms with E-state index in [1.165, 1.54) is 0 Å².